The minimum Gasteiger partial charge on any atom is -0.463 e. The number of likely N-dealkylation sites (N-methyl/N-ethyl adjacent to an activating group) is 1. The van der Waals surface area contributed by atoms with E-state index in [1.165, 1.54) is 0 Å². The summed E-state index contributed by atoms with van der Waals surface area (Å²) in [6, 6.07) is 16.6. The van der Waals surface area contributed by atoms with E-state index in [-0.39, 0.29) is 31.1 Å². The number of pyridine rings is 1. The number of esters is 1. The summed E-state index contributed by atoms with van der Waals surface area (Å²) in [6.45, 7) is 2.40. The van der Waals surface area contributed by atoms with Crippen LogP contribution in [0, 0.1) is 0 Å². The van der Waals surface area contributed by atoms with E-state index in [4.69, 9.17) is 16.3 Å². The Morgan fingerprint density at radius 2 is 1.84 bits per heavy atom. The normalized spacial score (nSPS) is 11.7. The van der Waals surface area contributed by atoms with Gasteiger partial charge in [0.1, 0.15) is 6.61 Å². The lowest BCUT2D eigenvalue weighted by molar-refractivity contribution is -0.144. The highest BCUT2D eigenvalue weighted by Crippen LogP contribution is 2.15. The topological polar surface area (TPSA) is 71.5 Å². The molecular formula is C24H26ClN3O3. The van der Waals surface area contributed by atoms with Crippen molar-refractivity contribution in [1.82, 2.24) is 15.2 Å². The average molecular weight is 440 g/mol. The lowest BCUT2D eigenvalue weighted by Crippen LogP contribution is -2.45. The third kappa shape index (κ3) is 6.18. The summed E-state index contributed by atoms with van der Waals surface area (Å²) in [6.07, 6.45) is 2.49. The zero-order valence-corrected chi connectivity index (χ0v) is 18.4. The highest BCUT2D eigenvalue weighted by molar-refractivity contribution is 6.31. The summed E-state index contributed by atoms with van der Waals surface area (Å²) in [5.74, 6) is -0.369. The van der Waals surface area contributed by atoms with Gasteiger partial charge in [-0.3, -0.25) is 9.78 Å². The molecule has 6 nitrogen and oxygen atoms in total. The quantitative estimate of drug-likeness (QED) is 0.521. The van der Waals surface area contributed by atoms with E-state index in [0.717, 1.165) is 16.3 Å². The summed E-state index contributed by atoms with van der Waals surface area (Å²) >= 11 is 6.13. The Kier molecular flexibility index (Phi) is 7.84. The number of ether oxygens (including phenoxy) is 1. The van der Waals surface area contributed by atoms with Gasteiger partial charge in [-0.2, -0.15) is 0 Å². The van der Waals surface area contributed by atoms with Gasteiger partial charge < -0.3 is 15.0 Å². The maximum Gasteiger partial charge on any atom is 0.317 e. The third-order valence-corrected chi connectivity index (χ3v) is 5.55. The van der Waals surface area contributed by atoms with E-state index in [0.29, 0.717) is 23.7 Å². The molecule has 0 radical (unpaired) electrons. The number of urea groups is 1. The number of carbonyl (C=O) groups excluding carboxylic acids is 2. The Morgan fingerprint density at radius 1 is 1.13 bits per heavy atom. The molecule has 162 valence electrons. The summed E-state index contributed by atoms with van der Waals surface area (Å²) in [7, 11) is 1.69. The molecule has 0 saturated heterocycles. The molecule has 0 fully saturated rings. The average Bonchev–Trinajstić information content (AvgIpc) is 2.78. The minimum absolute atomic E-state index is 0.0870. The van der Waals surface area contributed by atoms with Crippen molar-refractivity contribution in [3.8, 4) is 0 Å². The van der Waals surface area contributed by atoms with E-state index >= 15 is 0 Å². The van der Waals surface area contributed by atoms with Crippen LogP contribution in [0.25, 0.3) is 10.8 Å². The molecule has 1 N–H and O–H groups in total. The van der Waals surface area contributed by atoms with Crippen molar-refractivity contribution < 1.29 is 14.3 Å². The number of nitrogens with one attached hydrogen (secondary N) is 1. The molecule has 0 bridgehead atoms. The Morgan fingerprint density at radius 3 is 2.58 bits per heavy atom. The number of aromatic nitrogens is 1. The molecule has 3 aromatic rings. The van der Waals surface area contributed by atoms with Gasteiger partial charge in [-0.1, -0.05) is 61.0 Å². The highest BCUT2D eigenvalue weighted by Gasteiger charge is 2.20. The molecule has 0 spiro atoms. The third-order valence-electron chi connectivity index (χ3n) is 5.18. The fraction of sp³-hybridized carbons (Fsp3) is 0.292. The number of amides is 2. The van der Waals surface area contributed by atoms with E-state index in [2.05, 4.69) is 10.3 Å². The molecule has 0 unspecified atom stereocenters. The van der Waals surface area contributed by atoms with Crippen molar-refractivity contribution in [2.45, 2.75) is 32.4 Å². The van der Waals surface area contributed by atoms with Gasteiger partial charge in [-0.25, -0.2) is 4.79 Å². The van der Waals surface area contributed by atoms with Crippen LogP contribution in [-0.4, -0.2) is 41.6 Å². The summed E-state index contributed by atoms with van der Waals surface area (Å²) in [4.78, 5) is 30.7. The SMILES string of the molecule is CC[C@@H](COC(=O)Cc1cc2ccccc2cn1)N(C)C(=O)NCc1ccccc1Cl. The molecule has 7 heteroatoms. The smallest absolute Gasteiger partial charge is 0.317 e. The molecule has 1 atom stereocenters. The number of hydrogen-bond donors (Lipinski definition) is 1. The zero-order valence-electron chi connectivity index (χ0n) is 17.7. The van der Waals surface area contributed by atoms with Crippen LogP contribution in [0.3, 0.4) is 0 Å². The van der Waals surface area contributed by atoms with Crippen LogP contribution in [0.5, 0.6) is 0 Å². The van der Waals surface area contributed by atoms with Crippen LogP contribution >= 0.6 is 11.6 Å². The Bertz CT molecular complexity index is 1060. The highest BCUT2D eigenvalue weighted by atomic mass is 35.5. The van der Waals surface area contributed by atoms with Crippen molar-refractivity contribution >= 4 is 34.4 Å². The number of hydrogen-bond acceptors (Lipinski definition) is 4. The van der Waals surface area contributed by atoms with Crippen LogP contribution in [0.1, 0.15) is 24.6 Å². The minimum atomic E-state index is -0.369. The second kappa shape index (κ2) is 10.8. The molecule has 31 heavy (non-hydrogen) atoms. The van der Waals surface area contributed by atoms with Crippen LogP contribution in [0.15, 0.2) is 60.8 Å². The van der Waals surface area contributed by atoms with Crippen molar-refractivity contribution in [1.29, 1.82) is 0 Å². The maximum atomic E-state index is 12.5. The largest absolute Gasteiger partial charge is 0.463 e. The molecular weight excluding hydrogens is 414 g/mol. The number of rotatable bonds is 8. The monoisotopic (exact) mass is 439 g/mol. The van der Waals surface area contributed by atoms with Gasteiger partial charge in [0.2, 0.25) is 0 Å². The molecule has 0 aliphatic carbocycles. The number of halogens is 1. The Balaban J connectivity index is 1.50. The standard InChI is InChI=1S/C24H26ClN3O3/c1-3-21(28(2)24(30)27-15-19-10-6-7-11-22(19)25)16-31-23(29)13-20-12-17-8-4-5-9-18(17)14-26-20/h4-12,14,21H,3,13,15-16H2,1-2H3,(H,27,30)/t21-/m0/s1. The number of fused-ring (bicyclic) bond motifs is 1. The van der Waals surface area contributed by atoms with Crippen LogP contribution in [0.4, 0.5) is 4.79 Å². The summed E-state index contributed by atoms with van der Waals surface area (Å²) in [5.41, 5.74) is 1.50. The predicted molar refractivity (Wildman–Crippen MR) is 122 cm³/mol. The molecule has 0 aliphatic heterocycles. The van der Waals surface area contributed by atoms with E-state index in [1.807, 2.05) is 55.5 Å². The van der Waals surface area contributed by atoms with Gasteiger partial charge in [-0.05, 0) is 29.5 Å². The lowest BCUT2D eigenvalue weighted by Gasteiger charge is -2.27. The lowest BCUT2D eigenvalue weighted by atomic mass is 10.1. The fourth-order valence-corrected chi connectivity index (χ4v) is 3.42. The number of carbonyl (C=O) groups is 2. The number of nitrogens with zero attached hydrogens (tertiary/aromatic N) is 2. The molecule has 1 aromatic heterocycles. The molecule has 3 rings (SSSR count). The van der Waals surface area contributed by atoms with Gasteiger partial charge >= 0.3 is 12.0 Å². The van der Waals surface area contributed by atoms with Crippen molar-refractivity contribution in [3.63, 3.8) is 0 Å². The first-order valence-corrected chi connectivity index (χ1v) is 10.6. The predicted octanol–water partition coefficient (Wildman–Crippen LogP) is 4.59. The number of benzene rings is 2. The first kappa shape index (κ1) is 22.6. The Hall–Kier alpha value is -3.12. The van der Waals surface area contributed by atoms with Gasteiger partial charge in [-0.15, -0.1) is 0 Å². The first-order valence-electron chi connectivity index (χ1n) is 10.2. The first-order chi connectivity index (χ1) is 15.0. The molecule has 0 saturated carbocycles. The van der Waals surface area contributed by atoms with Crippen molar-refractivity contribution in [3.05, 3.63) is 77.1 Å². The van der Waals surface area contributed by atoms with Crippen LogP contribution < -0.4 is 5.32 Å². The molecule has 1 heterocycles. The maximum absolute atomic E-state index is 12.5. The van der Waals surface area contributed by atoms with Gasteiger partial charge in [0.15, 0.2) is 0 Å². The fourth-order valence-electron chi connectivity index (χ4n) is 3.22. The van der Waals surface area contributed by atoms with E-state index in [1.54, 1.807) is 24.2 Å². The Labute approximate surface area is 187 Å². The van der Waals surface area contributed by atoms with Gasteiger partial charge in [0.25, 0.3) is 0 Å². The molecule has 0 aliphatic rings. The molecule has 2 amide bonds. The van der Waals surface area contributed by atoms with E-state index < -0.39 is 0 Å². The second-order valence-electron chi connectivity index (χ2n) is 7.31. The summed E-state index contributed by atoms with van der Waals surface area (Å²) in [5, 5.41) is 5.51. The van der Waals surface area contributed by atoms with Gasteiger partial charge in [0, 0.05) is 30.2 Å². The zero-order chi connectivity index (χ0) is 22.2. The summed E-state index contributed by atoms with van der Waals surface area (Å²) < 4.78 is 5.44. The van der Waals surface area contributed by atoms with Crippen LogP contribution in [-0.2, 0) is 22.5 Å². The second-order valence-corrected chi connectivity index (χ2v) is 7.71. The van der Waals surface area contributed by atoms with Crippen molar-refractivity contribution in [2.75, 3.05) is 13.7 Å². The molecule has 2 aromatic carbocycles. The van der Waals surface area contributed by atoms with Gasteiger partial charge in [0.05, 0.1) is 18.2 Å². The van der Waals surface area contributed by atoms with Crippen LogP contribution in [0.2, 0.25) is 5.02 Å². The van der Waals surface area contributed by atoms with E-state index in [9.17, 15) is 9.59 Å². The van der Waals surface area contributed by atoms with Crippen molar-refractivity contribution in [2.24, 2.45) is 0 Å².